The van der Waals surface area contributed by atoms with E-state index < -0.39 is 0 Å². The van der Waals surface area contributed by atoms with Crippen LogP contribution in [0.5, 0.6) is 0 Å². The first-order chi connectivity index (χ1) is 13.1. The van der Waals surface area contributed by atoms with Crippen LogP contribution in [-0.4, -0.2) is 43.7 Å². The SMILES string of the molecule is CN=C(NCCc1ccc(C)nc1)NC1CCN(c2cccc(F)c2)CC1. The summed E-state index contributed by atoms with van der Waals surface area (Å²) in [5, 5.41) is 6.89. The number of aryl methyl sites for hydroxylation is 1. The van der Waals surface area contributed by atoms with E-state index in [4.69, 9.17) is 0 Å². The molecule has 0 spiro atoms. The van der Waals surface area contributed by atoms with Crippen LogP contribution in [0.25, 0.3) is 0 Å². The Labute approximate surface area is 160 Å². The standard InChI is InChI=1S/C21H28FN5/c1-16-6-7-17(15-25-16)8-11-24-21(23-2)26-19-9-12-27(13-10-19)20-5-3-4-18(22)14-20/h3-7,14-15,19H,8-13H2,1-2H3,(H2,23,24,26). The van der Waals surface area contributed by atoms with Crippen molar-refractivity contribution in [3.8, 4) is 0 Å². The van der Waals surface area contributed by atoms with Gasteiger partial charge >= 0.3 is 0 Å². The van der Waals surface area contributed by atoms with Crippen LogP contribution in [-0.2, 0) is 6.42 Å². The first-order valence-corrected chi connectivity index (χ1v) is 9.53. The molecule has 1 aromatic carbocycles. The maximum atomic E-state index is 13.4. The highest BCUT2D eigenvalue weighted by Crippen LogP contribution is 2.20. The molecule has 0 unspecified atom stereocenters. The van der Waals surface area contributed by atoms with E-state index in [0.717, 1.165) is 56.2 Å². The zero-order valence-corrected chi connectivity index (χ0v) is 16.1. The molecule has 0 saturated carbocycles. The lowest BCUT2D eigenvalue weighted by molar-refractivity contribution is 0.461. The van der Waals surface area contributed by atoms with E-state index in [0.29, 0.717) is 6.04 Å². The summed E-state index contributed by atoms with van der Waals surface area (Å²) in [5.74, 6) is 0.653. The third-order valence-electron chi connectivity index (χ3n) is 4.91. The molecule has 2 N–H and O–H groups in total. The first kappa shape index (κ1) is 19.1. The third-order valence-corrected chi connectivity index (χ3v) is 4.91. The molecule has 5 nitrogen and oxygen atoms in total. The van der Waals surface area contributed by atoms with Gasteiger partial charge in [0.2, 0.25) is 0 Å². The van der Waals surface area contributed by atoms with Crippen LogP contribution in [0.15, 0.2) is 47.6 Å². The summed E-state index contributed by atoms with van der Waals surface area (Å²) in [6.07, 6.45) is 4.83. The molecule has 1 aliphatic rings. The summed E-state index contributed by atoms with van der Waals surface area (Å²) < 4.78 is 13.4. The Bertz CT molecular complexity index is 751. The van der Waals surface area contributed by atoms with Crippen molar-refractivity contribution in [3.05, 3.63) is 59.7 Å². The number of pyridine rings is 1. The maximum absolute atomic E-state index is 13.4. The van der Waals surface area contributed by atoms with Gasteiger partial charge in [0.15, 0.2) is 5.96 Å². The summed E-state index contributed by atoms with van der Waals surface area (Å²) in [6.45, 7) is 4.63. The molecule has 27 heavy (non-hydrogen) atoms. The minimum atomic E-state index is -0.180. The Kier molecular flexibility index (Phi) is 6.63. The van der Waals surface area contributed by atoms with Gasteiger partial charge in [0.25, 0.3) is 0 Å². The lowest BCUT2D eigenvalue weighted by Gasteiger charge is -2.34. The molecular weight excluding hydrogens is 341 g/mol. The van der Waals surface area contributed by atoms with E-state index in [2.05, 4.69) is 31.6 Å². The fraction of sp³-hybridized carbons (Fsp3) is 0.429. The number of nitrogens with one attached hydrogen (secondary N) is 2. The van der Waals surface area contributed by atoms with E-state index in [1.807, 2.05) is 25.3 Å². The van der Waals surface area contributed by atoms with Crippen LogP contribution in [0.1, 0.15) is 24.1 Å². The number of aromatic nitrogens is 1. The van der Waals surface area contributed by atoms with Gasteiger partial charge in [0.1, 0.15) is 5.82 Å². The van der Waals surface area contributed by atoms with Crippen LogP contribution in [0, 0.1) is 12.7 Å². The van der Waals surface area contributed by atoms with Gasteiger partial charge in [-0.2, -0.15) is 0 Å². The predicted molar refractivity (Wildman–Crippen MR) is 109 cm³/mol. The molecule has 1 fully saturated rings. The van der Waals surface area contributed by atoms with Gasteiger partial charge in [-0.1, -0.05) is 12.1 Å². The lowest BCUT2D eigenvalue weighted by Crippen LogP contribution is -2.49. The number of hydrogen-bond donors (Lipinski definition) is 2. The number of halogens is 1. The zero-order chi connectivity index (χ0) is 19.1. The highest BCUT2D eigenvalue weighted by Gasteiger charge is 2.20. The second-order valence-corrected chi connectivity index (χ2v) is 6.94. The monoisotopic (exact) mass is 369 g/mol. The molecule has 0 bridgehead atoms. The van der Waals surface area contributed by atoms with E-state index in [-0.39, 0.29) is 5.82 Å². The molecule has 0 amide bonds. The van der Waals surface area contributed by atoms with Gasteiger partial charge < -0.3 is 15.5 Å². The molecule has 2 heterocycles. The summed E-state index contributed by atoms with van der Waals surface area (Å²) in [7, 11) is 1.80. The highest BCUT2D eigenvalue weighted by atomic mass is 19.1. The molecule has 1 aliphatic heterocycles. The lowest BCUT2D eigenvalue weighted by atomic mass is 10.0. The highest BCUT2D eigenvalue weighted by molar-refractivity contribution is 5.80. The summed E-state index contributed by atoms with van der Waals surface area (Å²) in [6, 6.07) is 11.4. The Morgan fingerprint density at radius 2 is 2.07 bits per heavy atom. The molecule has 2 aromatic rings. The zero-order valence-electron chi connectivity index (χ0n) is 16.1. The first-order valence-electron chi connectivity index (χ1n) is 9.53. The number of hydrogen-bond acceptors (Lipinski definition) is 3. The molecule has 6 heteroatoms. The van der Waals surface area contributed by atoms with Gasteiger partial charge in [0, 0.05) is 50.3 Å². The van der Waals surface area contributed by atoms with Crippen molar-refractivity contribution in [1.29, 1.82) is 0 Å². The quantitative estimate of drug-likeness (QED) is 0.629. The average molecular weight is 369 g/mol. The van der Waals surface area contributed by atoms with Gasteiger partial charge in [-0.15, -0.1) is 0 Å². The number of nitrogens with zero attached hydrogens (tertiary/aromatic N) is 3. The molecule has 1 aromatic heterocycles. The molecular formula is C21H28FN5. The number of aliphatic imine (C=N–C) groups is 1. The molecule has 0 radical (unpaired) electrons. The Morgan fingerprint density at radius 3 is 2.74 bits per heavy atom. The average Bonchev–Trinajstić information content (AvgIpc) is 2.69. The normalized spacial score (nSPS) is 15.7. The predicted octanol–water partition coefficient (Wildman–Crippen LogP) is 2.91. The number of benzene rings is 1. The Morgan fingerprint density at radius 1 is 1.26 bits per heavy atom. The maximum Gasteiger partial charge on any atom is 0.191 e. The van der Waals surface area contributed by atoms with E-state index in [9.17, 15) is 4.39 Å². The van der Waals surface area contributed by atoms with E-state index in [1.165, 1.54) is 11.6 Å². The fourth-order valence-electron chi connectivity index (χ4n) is 3.31. The Balaban J connectivity index is 1.42. The van der Waals surface area contributed by atoms with Crippen molar-refractivity contribution in [3.63, 3.8) is 0 Å². The van der Waals surface area contributed by atoms with Crippen LogP contribution in [0.4, 0.5) is 10.1 Å². The van der Waals surface area contributed by atoms with Gasteiger partial charge in [-0.3, -0.25) is 9.98 Å². The minimum absolute atomic E-state index is 0.180. The van der Waals surface area contributed by atoms with Crippen molar-refractivity contribution in [1.82, 2.24) is 15.6 Å². The minimum Gasteiger partial charge on any atom is -0.371 e. The van der Waals surface area contributed by atoms with Crippen molar-refractivity contribution in [2.45, 2.75) is 32.2 Å². The van der Waals surface area contributed by atoms with E-state index in [1.54, 1.807) is 19.2 Å². The van der Waals surface area contributed by atoms with E-state index >= 15 is 0 Å². The largest absolute Gasteiger partial charge is 0.371 e. The smallest absolute Gasteiger partial charge is 0.191 e. The topological polar surface area (TPSA) is 52.6 Å². The molecule has 144 valence electrons. The molecule has 3 rings (SSSR count). The van der Waals surface area contributed by atoms with Crippen molar-refractivity contribution >= 4 is 11.6 Å². The van der Waals surface area contributed by atoms with Crippen molar-refractivity contribution < 1.29 is 4.39 Å². The third kappa shape index (κ3) is 5.67. The van der Waals surface area contributed by atoms with Crippen LogP contribution >= 0.6 is 0 Å². The number of anilines is 1. The Hall–Kier alpha value is -2.63. The summed E-state index contributed by atoms with van der Waals surface area (Å²) >= 11 is 0. The number of piperidine rings is 1. The second kappa shape index (κ2) is 9.35. The fourth-order valence-corrected chi connectivity index (χ4v) is 3.31. The van der Waals surface area contributed by atoms with Crippen molar-refractivity contribution in [2.24, 2.45) is 4.99 Å². The van der Waals surface area contributed by atoms with Crippen molar-refractivity contribution in [2.75, 3.05) is 31.6 Å². The molecule has 1 saturated heterocycles. The summed E-state index contributed by atoms with van der Waals surface area (Å²) in [4.78, 5) is 10.9. The van der Waals surface area contributed by atoms with Crippen LogP contribution in [0.3, 0.4) is 0 Å². The second-order valence-electron chi connectivity index (χ2n) is 6.94. The molecule has 0 aliphatic carbocycles. The number of rotatable bonds is 5. The van der Waals surface area contributed by atoms with Crippen LogP contribution < -0.4 is 15.5 Å². The van der Waals surface area contributed by atoms with Gasteiger partial charge in [-0.25, -0.2) is 4.39 Å². The van der Waals surface area contributed by atoms with Gasteiger partial charge in [-0.05, 0) is 56.0 Å². The number of guanidine groups is 1. The van der Waals surface area contributed by atoms with Crippen LogP contribution in [0.2, 0.25) is 0 Å². The summed E-state index contributed by atoms with van der Waals surface area (Å²) in [5.41, 5.74) is 3.21. The molecule has 0 atom stereocenters. The van der Waals surface area contributed by atoms with Gasteiger partial charge in [0.05, 0.1) is 0 Å².